The molecule has 1 amide bonds. The average Bonchev–Trinajstić information content (AvgIpc) is 2.44. The van der Waals surface area contributed by atoms with Gasteiger partial charge in [0.2, 0.25) is 0 Å². The molecular weight excluding hydrogens is 441 g/mol. The van der Waals surface area contributed by atoms with Crippen LogP contribution >= 0.6 is 22.6 Å². The van der Waals surface area contributed by atoms with Crippen molar-refractivity contribution in [2.24, 2.45) is 0 Å². The van der Waals surface area contributed by atoms with E-state index in [4.69, 9.17) is 4.74 Å². The first-order valence-corrected chi connectivity index (χ1v) is 10.6. The topological polar surface area (TPSA) is 72.5 Å². The Morgan fingerprint density at radius 1 is 1.33 bits per heavy atom. The summed E-state index contributed by atoms with van der Waals surface area (Å²) in [4.78, 5) is 25.0. The van der Waals surface area contributed by atoms with Crippen LogP contribution < -0.4 is 5.32 Å². The third-order valence-electron chi connectivity index (χ3n) is 3.21. The fourth-order valence-corrected chi connectivity index (χ4v) is 4.06. The maximum Gasteiger partial charge on any atom is 0.338 e. The molecule has 1 unspecified atom stereocenters. The van der Waals surface area contributed by atoms with Gasteiger partial charge in [0, 0.05) is 31.9 Å². The quantitative estimate of drug-likeness (QED) is 0.364. The van der Waals surface area contributed by atoms with Gasteiger partial charge in [-0.2, -0.15) is 0 Å². The van der Waals surface area contributed by atoms with Crippen molar-refractivity contribution in [3.05, 3.63) is 32.9 Å². The molecular formula is C17H24INO4S. The van der Waals surface area contributed by atoms with Crippen molar-refractivity contribution in [3.63, 3.8) is 0 Å². The Labute approximate surface area is 159 Å². The zero-order valence-electron chi connectivity index (χ0n) is 14.5. The number of hydrogen-bond acceptors (Lipinski definition) is 4. The van der Waals surface area contributed by atoms with Gasteiger partial charge >= 0.3 is 5.97 Å². The van der Waals surface area contributed by atoms with Gasteiger partial charge in [0.05, 0.1) is 17.7 Å². The lowest BCUT2D eigenvalue weighted by Gasteiger charge is -2.26. The van der Waals surface area contributed by atoms with Crippen molar-refractivity contribution >= 4 is 45.3 Å². The minimum atomic E-state index is -1.04. The molecule has 7 heteroatoms. The first-order chi connectivity index (χ1) is 11.2. The van der Waals surface area contributed by atoms with Gasteiger partial charge < -0.3 is 10.1 Å². The molecule has 0 aliphatic rings. The molecule has 1 N–H and O–H groups in total. The van der Waals surface area contributed by atoms with Crippen molar-refractivity contribution in [2.75, 3.05) is 18.6 Å². The summed E-state index contributed by atoms with van der Waals surface area (Å²) in [6.07, 6.45) is 3.30. The van der Waals surface area contributed by atoms with Crippen LogP contribution in [0.1, 0.15) is 54.3 Å². The van der Waals surface area contributed by atoms with Crippen molar-refractivity contribution in [2.45, 2.75) is 39.2 Å². The van der Waals surface area contributed by atoms with E-state index in [2.05, 4.69) is 5.32 Å². The maximum absolute atomic E-state index is 12.7. The van der Waals surface area contributed by atoms with E-state index in [1.165, 1.54) is 0 Å². The van der Waals surface area contributed by atoms with E-state index in [1.807, 2.05) is 29.5 Å². The van der Waals surface area contributed by atoms with Crippen molar-refractivity contribution < 1.29 is 18.5 Å². The smallest absolute Gasteiger partial charge is 0.338 e. The van der Waals surface area contributed by atoms with Crippen LogP contribution in [0.3, 0.4) is 0 Å². The monoisotopic (exact) mass is 465 g/mol. The highest BCUT2D eigenvalue weighted by Gasteiger charge is 2.27. The summed E-state index contributed by atoms with van der Waals surface area (Å²) >= 11 is 2.03. The van der Waals surface area contributed by atoms with Gasteiger partial charge in [-0.3, -0.25) is 9.00 Å². The number of halogens is 1. The number of esters is 1. The second-order valence-electron chi connectivity index (χ2n) is 6.21. The molecule has 1 rings (SSSR count). The van der Waals surface area contributed by atoms with Crippen LogP contribution in [0.15, 0.2) is 18.2 Å². The summed E-state index contributed by atoms with van der Waals surface area (Å²) in [6.45, 7) is 5.96. The Bertz CT molecular complexity index is 631. The number of benzene rings is 1. The average molecular weight is 465 g/mol. The Balaban J connectivity index is 3.03. The predicted molar refractivity (Wildman–Crippen MR) is 105 cm³/mol. The molecule has 0 bridgehead atoms. The van der Waals surface area contributed by atoms with E-state index >= 15 is 0 Å². The Kier molecular flexibility index (Phi) is 8.35. The Hall–Kier alpha value is -0.960. The molecule has 0 fully saturated rings. The molecule has 0 heterocycles. The lowest BCUT2D eigenvalue weighted by molar-refractivity contribution is 0.0495. The molecule has 134 valence electrons. The number of unbranched alkanes of at least 4 members (excludes halogenated alkanes) is 1. The fraction of sp³-hybridized carbons (Fsp3) is 0.529. The molecule has 0 aliphatic heterocycles. The molecule has 0 radical (unpaired) electrons. The van der Waals surface area contributed by atoms with Crippen molar-refractivity contribution in [1.29, 1.82) is 0 Å². The zero-order valence-corrected chi connectivity index (χ0v) is 17.5. The highest BCUT2D eigenvalue weighted by atomic mass is 127. The minimum absolute atomic E-state index is 0.254. The van der Waals surface area contributed by atoms with Crippen LogP contribution in [-0.2, 0) is 15.5 Å². The largest absolute Gasteiger partial charge is 0.462 e. The minimum Gasteiger partial charge on any atom is -0.462 e. The second kappa shape index (κ2) is 9.50. The normalized spacial score (nSPS) is 12.5. The van der Waals surface area contributed by atoms with E-state index in [0.29, 0.717) is 21.5 Å². The maximum atomic E-state index is 12.7. The van der Waals surface area contributed by atoms with Gasteiger partial charge in [0.15, 0.2) is 0 Å². The van der Waals surface area contributed by atoms with Gasteiger partial charge in [-0.05, 0) is 55.0 Å². The summed E-state index contributed by atoms with van der Waals surface area (Å²) in [5, 5.41) is 2.86. The molecule has 1 aromatic carbocycles. The van der Waals surface area contributed by atoms with Crippen LogP contribution in [0.4, 0.5) is 0 Å². The van der Waals surface area contributed by atoms with Crippen molar-refractivity contribution in [1.82, 2.24) is 5.32 Å². The second-order valence-corrected chi connectivity index (χ2v) is 8.80. The zero-order chi connectivity index (χ0) is 18.3. The summed E-state index contributed by atoms with van der Waals surface area (Å²) in [7, 11) is -1.04. The first-order valence-electron chi connectivity index (χ1n) is 7.76. The number of amides is 1. The van der Waals surface area contributed by atoms with E-state index in [0.717, 1.165) is 12.8 Å². The predicted octanol–water partition coefficient (Wildman–Crippen LogP) is 3.14. The fourth-order valence-electron chi connectivity index (χ4n) is 2.23. The Morgan fingerprint density at radius 2 is 2.00 bits per heavy atom. The molecule has 0 saturated carbocycles. The third-order valence-corrected chi connectivity index (χ3v) is 5.23. The molecule has 1 atom stereocenters. The summed E-state index contributed by atoms with van der Waals surface area (Å²) in [6, 6.07) is 5.08. The molecule has 24 heavy (non-hydrogen) atoms. The standard InChI is InChI=1S/C17H24INO4S/c1-5-6-10-23-16(21)12-8-7-9-13(18)14(12)15(20)19-17(2,3)11-24(4)22/h7-9H,5-6,10-11H2,1-4H3,(H,19,20). The molecule has 0 spiro atoms. The number of nitrogens with one attached hydrogen (secondary N) is 1. The van der Waals surface area contributed by atoms with E-state index in [1.54, 1.807) is 38.3 Å². The summed E-state index contributed by atoms with van der Waals surface area (Å²) in [5.74, 6) is -0.528. The van der Waals surface area contributed by atoms with Gasteiger partial charge in [-0.1, -0.05) is 19.4 Å². The van der Waals surface area contributed by atoms with E-state index < -0.39 is 22.3 Å². The van der Waals surface area contributed by atoms with Gasteiger partial charge in [0.1, 0.15) is 0 Å². The number of ether oxygens (including phenoxy) is 1. The van der Waals surface area contributed by atoms with Gasteiger partial charge in [0.25, 0.3) is 5.91 Å². The number of carbonyl (C=O) groups is 2. The highest BCUT2D eigenvalue weighted by molar-refractivity contribution is 14.1. The van der Waals surface area contributed by atoms with E-state index in [-0.39, 0.29) is 11.5 Å². The van der Waals surface area contributed by atoms with Crippen LogP contribution in [0.5, 0.6) is 0 Å². The Morgan fingerprint density at radius 3 is 2.58 bits per heavy atom. The van der Waals surface area contributed by atoms with Crippen LogP contribution in [0.25, 0.3) is 0 Å². The number of rotatable bonds is 8. The van der Waals surface area contributed by atoms with Crippen LogP contribution in [-0.4, -0.2) is 40.2 Å². The van der Waals surface area contributed by atoms with Crippen molar-refractivity contribution in [3.8, 4) is 0 Å². The van der Waals surface area contributed by atoms with Gasteiger partial charge in [-0.25, -0.2) is 4.79 Å². The molecule has 1 aromatic rings. The molecule has 0 saturated heterocycles. The van der Waals surface area contributed by atoms with Crippen LogP contribution in [0, 0.1) is 3.57 Å². The van der Waals surface area contributed by atoms with E-state index in [9.17, 15) is 13.8 Å². The molecule has 0 aromatic heterocycles. The number of carbonyl (C=O) groups excluding carboxylic acids is 2. The molecule has 0 aliphatic carbocycles. The SMILES string of the molecule is CCCCOC(=O)c1cccc(I)c1C(=O)NC(C)(C)CS(C)=O. The summed E-state index contributed by atoms with van der Waals surface area (Å²) in [5.41, 5.74) is -0.0857. The van der Waals surface area contributed by atoms with Crippen LogP contribution in [0.2, 0.25) is 0 Å². The first kappa shape index (κ1) is 21.1. The van der Waals surface area contributed by atoms with Gasteiger partial charge in [-0.15, -0.1) is 0 Å². The highest BCUT2D eigenvalue weighted by Crippen LogP contribution is 2.20. The molecule has 5 nitrogen and oxygen atoms in total. The third kappa shape index (κ3) is 6.51. The summed E-state index contributed by atoms with van der Waals surface area (Å²) < 4.78 is 17.4. The number of hydrogen-bond donors (Lipinski definition) is 1. The lowest BCUT2D eigenvalue weighted by Crippen LogP contribution is -2.47. The lowest BCUT2D eigenvalue weighted by atomic mass is 10.0.